The molecule has 0 aliphatic heterocycles. The van der Waals surface area contributed by atoms with Crippen LogP contribution in [0.4, 0.5) is 0 Å². The Kier molecular flexibility index (Phi) is 8.07. The van der Waals surface area contributed by atoms with E-state index in [9.17, 15) is 14.7 Å². The third-order valence-electron chi connectivity index (χ3n) is 3.86. The Morgan fingerprint density at radius 3 is 2.57 bits per heavy atom. The van der Waals surface area contributed by atoms with Gasteiger partial charge in [-0.3, -0.25) is 4.79 Å². The van der Waals surface area contributed by atoms with Crippen molar-refractivity contribution in [3.63, 3.8) is 0 Å². The molecule has 2 N–H and O–H groups in total. The quantitative estimate of drug-likeness (QED) is 0.572. The minimum absolute atomic E-state index is 0.207. The summed E-state index contributed by atoms with van der Waals surface area (Å²) < 4.78 is 11.6. The Hall–Kier alpha value is -2.80. The molecule has 0 radical (unpaired) electrons. The van der Waals surface area contributed by atoms with E-state index < -0.39 is 17.9 Å². The van der Waals surface area contributed by atoms with Crippen LogP contribution in [-0.4, -0.2) is 36.7 Å². The molecule has 148 valence electrons. The van der Waals surface area contributed by atoms with E-state index in [0.29, 0.717) is 28.1 Å². The molecule has 2 aromatic rings. The molecular weight excluding hydrogens is 426 g/mol. The van der Waals surface area contributed by atoms with Gasteiger partial charge in [-0.15, -0.1) is 0 Å². The van der Waals surface area contributed by atoms with Gasteiger partial charge in [0.15, 0.2) is 11.5 Å². The van der Waals surface area contributed by atoms with Crippen molar-refractivity contribution in [1.29, 1.82) is 0 Å². The first-order chi connectivity index (χ1) is 13.4. The van der Waals surface area contributed by atoms with E-state index in [0.717, 1.165) is 5.56 Å². The van der Waals surface area contributed by atoms with Crippen molar-refractivity contribution < 1.29 is 24.2 Å². The fraction of sp³-hybridized carbons (Fsp3) is 0.238. The fourth-order valence-electron chi connectivity index (χ4n) is 2.56. The number of methoxy groups -OCH3 is 1. The number of rotatable bonds is 9. The van der Waals surface area contributed by atoms with Gasteiger partial charge in [-0.25, -0.2) is 4.79 Å². The maximum Gasteiger partial charge on any atom is 0.326 e. The van der Waals surface area contributed by atoms with Crippen LogP contribution < -0.4 is 14.8 Å². The maximum atomic E-state index is 12.2. The first kappa shape index (κ1) is 21.5. The van der Waals surface area contributed by atoms with Crippen molar-refractivity contribution in [2.24, 2.45) is 0 Å². The van der Waals surface area contributed by atoms with Crippen LogP contribution in [-0.2, 0) is 16.0 Å². The Labute approximate surface area is 172 Å². The summed E-state index contributed by atoms with van der Waals surface area (Å²) in [5.74, 6) is -0.465. The zero-order chi connectivity index (χ0) is 20.5. The molecule has 2 rings (SSSR count). The Bertz CT molecular complexity index is 851. The monoisotopic (exact) mass is 447 g/mol. The van der Waals surface area contributed by atoms with Gasteiger partial charge in [-0.2, -0.15) is 0 Å². The lowest BCUT2D eigenvalue weighted by atomic mass is 10.1. The van der Waals surface area contributed by atoms with Crippen LogP contribution >= 0.6 is 15.9 Å². The first-order valence-corrected chi connectivity index (χ1v) is 9.49. The van der Waals surface area contributed by atoms with Crippen molar-refractivity contribution in [1.82, 2.24) is 5.32 Å². The van der Waals surface area contributed by atoms with Gasteiger partial charge in [0.25, 0.3) is 0 Å². The number of nitrogens with one attached hydrogen (secondary N) is 1. The van der Waals surface area contributed by atoms with Crippen LogP contribution in [0.15, 0.2) is 53.0 Å². The number of carbonyl (C=O) groups is 2. The van der Waals surface area contributed by atoms with Gasteiger partial charge in [0.1, 0.15) is 6.04 Å². The number of carbonyl (C=O) groups excluding carboxylic acids is 1. The van der Waals surface area contributed by atoms with E-state index in [4.69, 9.17) is 9.47 Å². The van der Waals surface area contributed by atoms with Gasteiger partial charge in [-0.1, -0.05) is 30.3 Å². The molecule has 0 saturated heterocycles. The van der Waals surface area contributed by atoms with Crippen molar-refractivity contribution >= 4 is 33.9 Å². The number of aliphatic carboxylic acids is 1. The number of carboxylic acid groups (broad SMARTS) is 1. The average Bonchev–Trinajstić information content (AvgIpc) is 2.68. The molecule has 6 nitrogen and oxygen atoms in total. The van der Waals surface area contributed by atoms with E-state index in [2.05, 4.69) is 21.2 Å². The summed E-state index contributed by atoms with van der Waals surface area (Å²) in [6.07, 6.45) is 3.08. The van der Waals surface area contributed by atoms with Gasteiger partial charge in [0, 0.05) is 12.5 Å². The number of hydrogen-bond donors (Lipinski definition) is 2. The van der Waals surface area contributed by atoms with Crippen LogP contribution in [0.5, 0.6) is 11.5 Å². The van der Waals surface area contributed by atoms with Crippen LogP contribution in [0.3, 0.4) is 0 Å². The second-order valence-electron chi connectivity index (χ2n) is 5.89. The smallest absolute Gasteiger partial charge is 0.326 e. The molecule has 0 fully saturated rings. The maximum absolute atomic E-state index is 12.2. The molecule has 0 bridgehead atoms. The lowest BCUT2D eigenvalue weighted by Crippen LogP contribution is -2.41. The standard InChI is InChI=1S/C21H22BrNO5/c1-3-28-20-16(22)11-15(13-18(20)27-2)9-10-19(24)23-17(21(25)26)12-14-7-5-4-6-8-14/h4-11,13,17H,3,12H2,1-2H3,(H,23,24)(H,25,26)/b10-9+/t17-/m0/s1. The topological polar surface area (TPSA) is 84.9 Å². The largest absolute Gasteiger partial charge is 0.493 e. The number of halogens is 1. The zero-order valence-electron chi connectivity index (χ0n) is 15.6. The molecule has 1 atom stereocenters. The lowest BCUT2D eigenvalue weighted by Gasteiger charge is -2.13. The summed E-state index contributed by atoms with van der Waals surface area (Å²) in [5.41, 5.74) is 1.54. The highest BCUT2D eigenvalue weighted by molar-refractivity contribution is 9.10. The minimum atomic E-state index is -1.09. The molecule has 28 heavy (non-hydrogen) atoms. The normalized spacial score (nSPS) is 11.8. The minimum Gasteiger partial charge on any atom is -0.493 e. The third kappa shape index (κ3) is 6.13. The number of hydrogen-bond acceptors (Lipinski definition) is 4. The lowest BCUT2D eigenvalue weighted by molar-refractivity contribution is -0.141. The van der Waals surface area contributed by atoms with Crippen LogP contribution in [0.25, 0.3) is 6.08 Å². The molecule has 0 aromatic heterocycles. The molecule has 1 amide bonds. The summed E-state index contributed by atoms with van der Waals surface area (Å²) in [5, 5.41) is 11.9. The SMILES string of the molecule is CCOc1c(Br)cc(/C=C/C(=O)N[C@@H](Cc2ccccc2)C(=O)O)cc1OC. The number of amides is 1. The van der Waals surface area contributed by atoms with E-state index in [1.54, 1.807) is 18.2 Å². The third-order valence-corrected chi connectivity index (χ3v) is 4.45. The average molecular weight is 448 g/mol. The molecule has 0 spiro atoms. The molecule has 7 heteroatoms. The highest BCUT2D eigenvalue weighted by Gasteiger charge is 2.19. The van der Waals surface area contributed by atoms with E-state index in [-0.39, 0.29) is 6.42 Å². The summed E-state index contributed by atoms with van der Waals surface area (Å²) in [4.78, 5) is 23.7. The molecule has 0 aliphatic rings. The predicted molar refractivity (Wildman–Crippen MR) is 111 cm³/mol. The second-order valence-corrected chi connectivity index (χ2v) is 6.74. The number of ether oxygens (including phenoxy) is 2. The highest BCUT2D eigenvalue weighted by atomic mass is 79.9. The van der Waals surface area contributed by atoms with Crippen LogP contribution in [0, 0.1) is 0 Å². The Balaban J connectivity index is 2.09. The molecule has 0 aliphatic carbocycles. The number of carboxylic acids is 1. The van der Waals surface area contributed by atoms with Crippen molar-refractivity contribution in [2.45, 2.75) is 19.4 Å². The molecule has 0 unspecified atom stereocenters. The summed E-state index contributed by atoms with van der Waals surface area (Å²) >= 11 is 3.43. The van der Waals surface area contributed by atoms with Crippen molar-refractivity contribution in [3.05, 3.63) is 64.1 Å². The van der Waals surface area contributed by atoms with E-state index >= 15 is 0 Å². The first-order valence-electron chi connectivity index (χ1n) is 8.70. The van der Waals surface area contributed by atoms with E-state index in [1.807, 2.05) is 37.3 Å². The van der Waals surface area contributed by atoms with E-state index in [1.165, 1.54) is 13.2 Å². The summed E-state index contributed by atoms with van der Waals surface area (Å²) in [6.45, 7) is 2.36. The second kappa shape index (κ2) is 10.5. The van der Waals surface area contributed by atoms with Crippen molar-refractivity contribution in [3.8, 4) is 11.5 Å². The van der Waals surface area contributed by atoms with Crippen molar-refractivity contribution in [2.75, 3.05) is 13.7 Å². The zero-order valence-corrected chi connectivity index (χ0v) is 17.2. The van der Waals surface area contributed by atoms with Gasteiger partial charge < -0.3 is 19.9 Å². The predicted octanol–water partition coefficient (Wildman–Crippen LogP) is 3.68. The molecule has 0 heterocycles. The van der Waals surface area contributed by atoms with Gasteiger partial charge in [0.05, 0.1) is 18.2 Å². The highest BCUT2D eigenvalue weighted by Crippen LogP contribution is 2.36. The molecule has 2 aromatic carbocycles. The van der Waals surface area contributed by atoms with Gasteiger partial charge in [-0.05, 0) is 52.2 Å². The number of benzene rings is 2. The van der Waals surface area contributed by atoms with Gasteiger partial charge in [0.2, 0.25) is 5.91 Å². The summed E-state index contributed by atoms with van der Waals surface area (Å²) in [7, 11) is 1.53. The molecular formula is C21H22BrNO5. The van der Waals surface area contributed by atoms with Crippen LogP contribution in [0.2, 0.25) is 0 Å². The summed E-state index contributed by atoms with van der Waals surface area (Å²) in [6, 6.07) is 11.7. The van der Waals surface area contributed by atoms with Gasteiger partial charge >= 0.3 is 5.97 Å². The molecule has 0 saturated carbocycles. The fourth-order valence-corrected chi connectivity index (χ4v) is 3.14. The Morgan fingerprint density at radius 1 is 1.25 bits per heavy atom. The Morgan fingerprint density at radius 2 is 1.96 bits per heavy atom. The van der Waals surface area contributed by atoms with Crippen LogP contribution in [0.1, 0.15) is 18.1 Å².